The molecule has 1 heterocycles. The molecule has 4 rings (SSSR count). The van der Waals surface area contributed by atoms with Crippen molar-refractivity contribution in [3.63, 3.8) is 0 Å². The summed E-state index contributed by atoms with van der Waals surface area (Å²) in [5, 5.41) is 12.7. The van der Waals surface area contributed by atoms with Crippen LogP contribution in [0, 0.1) is 17.1 Å². The Balaban J connectivity index is 1.60. The highest BCUT2D eigenvalue weighted by Crippen LogP contribution is 2.28. The first-order valence-corrected chi connectivity index (χ1v) is 9.88. The first kappa shape index (κ1) is 18.5. The zero-order valence-corrected chi connectivity index (χ0v) is 16.0. The first-order chi connectivity index (χ1) is 13.7. The molecule has 1 saturated carbocycles. The molecule has 5 heteroatoms. The van der Waals surface area contributed by atoms with Crippen LogP contribution in [0.15, 0.2) is 41.4 Å². The van der Waals surface area contributed by atoms with Crippen molar-refractivity contribution < 1.29 is 9.13 Å². The van der Waals surface area contributed by atoms with Gasteiger partial charge in [0.1, 0.15) is 17.4 Å². The number of hydrogen-bond acceptors (Lipinski definition) is 4. The minimum Gasteiger partial charge on any atom is -0.496 e. The lowest BCUT2D eigenvalue weighted by molar-refractivity contribution is 0.385. The standard InChI is InChI=1S/C23H24FN3O/c1-28-22-12-9-15(14-25)13-16(22)10-11-17-18(5-4-6-19(17)24)23-26-20-7-2-3-8-21(20)27-23/h4-6,9,12-13,20-21H,2-3,7-8,10-11H2,1H3,(H,26,27). The molecule has 144 valence electrons. The fourth-order valence-corrected chi connectivity index (χ4v) is 4.30. The molecule has 28 heavy (non-hydrogen) atoms. The summed E-state index contributed by atoms with van der Waals surface area (Å²) in [4.78, 5) is 4.87. The van der Waals surface area contributed by atoms with E-state index in [0.29, 0.717) is 36.1 Å². The van der Waals surface area contributed by atoms with Gasteiger partial charge in [-0.25, -0.2) is 4.39 Å². The molecule has 0 amide bonds. The molecule has 0 bridgehead atoms. The lowest BCUT2D eigenvalue weighted by Crippen LogP contribution is -2.37. The molecular formula is C23H24FN3O. The van der Waals surface area contributed by atoms with Crippen LogP contribution in [0.3, 0.4) is 0 Å². The van der Waals surface area contributed by atoms with Gasteiger partial charge in [-0.15, -0.1) is 0 Å². The summed E-state index contributed by atoms with van der Waals surface area (Å²) in [7, 11) is 1.61. The Bertz CT molecular complexity index is 947. The Labute approximate surface area is 165 Å². The van der Waals surface area contributed by atoms with Crippen molar-refractivity contribution in [3.8, 4) is 11.8 Å². The number of nitrogens with zero attached hydrogens (tertiary/aromatic N) is 2. The second-order valence-corrected chi connectivity index (χ2v) is 7.48. The van der Waals surface area contributed by atoms with Crippen LogP contribution in [0.25, 0.3) is 0 Å². The normalized spacial score (nSPS) is 20.7. The highest BCUT2D eigenvalue weighted by Gasteiger charge is 2.32. The van der Waals surface area contributed by atoms with Crippen LogP contribution in [0.2, 0.25) is 0 Å². The van der Waals surface area contributed by atoms with E-state index in [9.17, 15) is 4.39 Å². The van der Waals surface area contributed by atoms with Crippen molar-refractivity contribution in [2.24, 2.45) is 4.99 Å². The maximum atomic E-state index is 14.7. The van der Waals surface area contributed by atoms with Gasteiger partial charge >= 0.3 is 0 Å². The van der Waals surface area contributed by atoms with Gasteiger partial charge in [-0.2, -0.15) is 5.26 Å². The van der Waals surface area contributed by atoms with E-state index in [1.54, 1.807) is 25.3 Å². The minimum absolute atomic E-state index is 0.215. The fourth-order valence-electron chi connectivity index (χ4n) is 4.30. The van der Waals surface area contributed by atoms with Gasteiger partial charge in [0.05, 0.1) is 24.8 Å². The van der Waals surface area contributed by atoms with Crippen molar-refractivity contribution in [2.45, 2.75) is 50.6 Å². The molecule has 0 saturated heterocycles. The molecule has 0 radical (unpaired) electrons. The summed E-state index contributed by atoms with van der Waals surface area (Å²) in [6.07, 6.45) is 5.77. The lowest BCUT2D eigenvalue weighted by atomic mass is 9.92. The van der Waals surface area contributed by atoms with Crippen LogP contribution in [0.5, 0.6) is 5.75 Å². The molecule has 4 nitrogen and oxygen atoms in total. The second kappa shape index (κ2) is 8.02. The van der Waals surface area contributed by atoms with Gasteiger partial charge in [0.2, 0.25) is 0 Å². The van der Waals surface area contributed by atoms with Gasteiger partial charge < -0.3 is 10.1 Å². The number of aryl methyl sites for hydroxylation is 1. The summed E-state index contributed by atoms with van der Waals surface area (Å²) in [5.74, 6) is 1.33. The molecule has 2 unspecified atom stereocenters. The Morgan fingerprint density at radius 3 is 2.86 bits per heavy atom. The molecule has 2 aromatic rings. The fraction of sp³-hybridized carbons (Fsp3) is 0.391. The highest BCUT2D eigenvalue weighted by atomic mass is 19.1. The largest absolute Gasteiger partial charge is 0.496 e. The topological polar surface area (TPSA) is 57.4 Å². The minimum atomic E-state index is -0.215. The average molecular weight is 377 g/mol. The van der Waals surface area contributed by atoms with E-state index in [1.807, 2.05) is 12.1 Å². The Morgan fingerprint density at radius 2 is 2.07 bits per heavy atom. The molecule has 2 aromatic carbocycles. The summed E-state index contributed by atoms with van der Waals surface area (Å²) in [5.41, 5.74) is 3.00. The van der Waals surface area contributed by atoms with Gasteiger partial charge in [-0.3, -0.25) is 4.99 Å². The molecule has 2 atom stereocenters. The van der Waals surface area contributed by atoms with Crippen LogP contribution in [-0.4, -0.2) is 25.0 Å². The van der Waals surface area contributed by atoms with Crippen molar-refractivity contribution in [2.75, 3.05) is 7.11 Å². The molecule has 1 fully saturated rings. The van der Waals surface area contributed by atoms with Crippen LogP contribution in [0.1, 0.15) is 47.9 Å². The van der Waals surface area contributed by atoms with Crippen LogP contribution < -0.4 is 10.1 Å². The van der Waals surface area contributed by atoms with Gasteiger partial charge in [0, 0.05) is 11.6 Å². The van der Waals surface area contributed by atoms with Gasteiger partial charge in [-0.1, -0.05) is 25.0 Å². The van der Waals surface area contributed by atoms with E-state index in [-0.39, 0.29) is 5.82 Å². The van der Waals surface area contributed by atoms with Gasteiger partial charge in [0.15, 0.2) is 0 Å². The lowest BCUT2D eigenvalue weighted by Gasteiger charge is -2.23. The van der Waals surface area contributed by atoms with E-state index in [1.165, 1.54) is 18.9 Å². The maximum absolute atomic E-state index is 14.7. The molecule has 2 aliphatic rings. The van der Waals surface area contributed by atoms with Crippen LogP contribution >= 0.6 is 0 Å². The monoisotopic (exact) mass is 377 g/mol. The smallest absolute Gasteiger partial charge is 0.129 e. The number of rotatable bonds is 5. The number of ether oxygens (including phenoxy) is 1. The number of aliphatic imine (C=N–C) groups is 1. The number of hydrogen-bond donors (Lipinski definition) is 1. The number of nitriles is 1. The number of amidine groups is 1. The molecule has 0 aromatic heterocycles. The van der Waals surface area contributed by atoms with E-state index in [2.05, 4.69) is 11.4 Å². The summed E-state index contributed by atoms with van der Waals surface area (Å²) in [6.45, 7) is 0. The molecule has 1 aliphatic heterocycles. The third kappa shape index (κ3) is 3.60. The molecule has 0 spiro atoms. The number of methoxy groups -OCH3 is 1. The summed E-state index contributed by atoms with van der Waals surface area (Å²) >= 11 is 0. The second-order valence-electron chi connectivity index (χ2n) is 7.48. The molecular weight excluding hydrogens is 353 g/mol. The Hall–Kier alpha value is -2.87. The number of benzene rings is 2. The van der Waals surface area contributed by atoms with E-state index in [4.69, 9.17) is 15.0 Å². The van der Waals surface area contributed by atoms with Crippen molar-refractivity contribution in [1.82, 2.24) is 5.32 Å². The average Bonchev–Trinajstić information content (AvgIpc) is 3.16. The van der Waals surface area contributed by atoms with Crippen molar-refractivity contribution in [1.29, 1.82) is 5.26 Å². The van der Waals surface area contributed by atoms with Crippen molar-refractivity contribution in [3.05, 3.63) is 64.5 Å². The quantitative estimate of drug-likeness (QED) is 0.851. The Kier molecular flexibility index (Phi) is 5.29. The van der Waals surface area contributed by atoms with E-state index < -0.39 is 0 Å². The van der Waals surface area contributed by atoms with Crippen LogP contribution in [0.4, 0.5) is 4.39 Å². The summed E-state index contributed by atoms with van der Waals surface area (Å²) < 4.78 is 20.2. The zero-order valence-electron chi connectivity index (χ0n) is 16.0. The number of nitrogens with one attached hydrogen (secondary N) is 1. The maximum Gasteiger partial charge on any atom is 0.129 e. The zero-order chi connectivity index (χ0) is 19.5. The molecule has 1 aliphatic carbocycles. The van der Waals surface area contributed by atoms with Crippen molar-refractivity contribution >= 4 is 5.84 Å². The van der Waals surface area contributed by atoms with Gasteiger partial charge in [0.25, 0.3) is 0 Å². The van der Waals surface area contributed by atoms with E-state index in [0.717, 1.165) is 35.6 Å². The third-order valence-corrected chi connectivity index (χ3v) is 5.77. The highest BCUT2D eigenvalue weighted by molar-refractivity contribution is 6.01. The van der Waals surface area contributed by atoms with Gasteiger partial charge in [-0.05, 0) is 61.1 Å². The predicted octanol–water partition coefficient (Wildman–Crippen LogP) is 4.15. The number of fused-ring (bicyclic) bond motifs is 1. The first-order valence-electron chi connectivity index (χ1n) is 9.88. The van der Waals surface area contributed by atoms with E-state index >= 15 is 0 Å². The summed E-state index contributed by atoms with van der Waals surface area (Å²) in [6, 6.07) is 13.4. The Morgan fingerprint density at radius 1 is 1.21 bits per heavy atom. The predicted molar refractivity (Wildman–Crippen MR) is 107 cm³/mol. The number of halogens is 1. The third-order valence-electron chi connectivity index (χ3n) is 5.77. The van der Waals surface area contributed by atoms with Crippen LogP contribution in [-0.2, 0) is 12.8 Å². The molecule has 1 N–H and O–H groups in total. The SMILES string of the molecule is COc1ccc(C#N)cc1CCc1c(F)cccc1C1=NC2CCCCC2N1.